The number of rotatable bonds is 3. The summed E-state index contributed by atoms with van der Waals surface area (Å²) in [6.45, 7) is 6.12. The van der Waals surface area contributed by atoms with Crippen molar-refractivity contribution in [3.8, 4) is 0 Å². The monoisotopic (exact) mass is 217 g/mol. The molecule has 0 unspecified atom stereocenters. The molecule has 0 amide bonds. The Morgan fingerprint density at radius 1 is 1.19 bits per heavy atom. The standard InChI is InChI=1S/C11H15N5/c1-8(2)16-7-10(6-14-16)15-11-12-4-9(3)5-13-11/h4-8H,1-3H3,(H,12,13,15). The van der Waals surface area contributed by atoms with Crippen LogP contribution < -0.4 is 5.32 Å². The van der Waals surface area contributed by atoms with Gasteiger partial charge in [-0.25, -0.2) is 9.97 Å². The van der Waals surface area contributed by atoms with Gasteiger partial charge in [-0.1, -0.05) is 0 Å². The maximum Gasteiger partial charge on any atom is 0.227 e. The van der Waals surface area contributed by atoms with E-state index in [1.165, 1.54) is 0 Å². The zero-order chi connectivity index (χ0) is 11.5. The van der Waals surface area contributed by atoms with Crippen LogP contribution in [0.4, 0.5) is 11.6 Å². The molecule has 0 aromatic carbocycles. The van der Waals surface area contributed by atoms with Gasteiger partial charge in [0, 0.05) is 24.6 Å². The van der Waals surface area contributed by atoms with E-state index < -0.39 is 0 Å². The number of aryl methyl sites for hydroxylation is 1. The zero-order valence-corrected chi connectivity index (χ0v) is 9.68. The average molecular weight is 217 g/mol. The predicted molar refractivity (Wildman–Crippen MR) is 62.7 cm³/mol. The van der Waals surface area contributed by atoms with E-state index in [4.69, 9.17) is 0 Å². The number of nitrogens with zero attached hydrogens (tertiary/aromatic N) is 4. The lowest BCUT2D eigenvalue weighted by Crippen LogP contribution is -2.00. The van der Waals surface area contributed by atoms with Crippen molar-refractivity contribution in [3.63, 3.8) is 0 Å². The Bertz CT molecular complexity index is 457. The number of nitrogens with one attached hydrogen (secondary N) is 1. The van der Waals surface area contributed by atoms with E-state index in [-0.39, 0.29) is 0 Å². The van der Waals surface area contributed by atoms with Gasteiger partial charge in [0.25, 0.3) is 0 Å². The highest BCUT2D eigenvalue weighted by molar-refractivity contribution is 5.50. The maximum atomic E-state index is 4.23. The Hall–Kier alpha value is -1.91. The van der Waals surface area contributed by atoms with Gasteiger partial charge in [-0.2, -0.15) is 5.10 Å². The molecule has 2 aromatic rings. The van der Waals surface area contributed by atoms with Gasteiger partial charge in [0.05, 0.1) is 11.9 Å². The smallest absolute Gasteiger partial charge is 0.227 e. The summed E-state index contributed by atoms with van der Waals surface area (Å²) < 4.78 is 1.89. The number of aromatic nitrogens is 4. The Kier molecular flexibility index (Phi) is 2.85. The van der Waals surface area contributed by atoms with Gasteiger partial charge >= 0.3 is 0 Å². The van der Waals surface area contributed by atoms with Crippen LogP contribution in [0.3, 0.4) is 0 Å². The largest absolute Gasteiger partial charge is 0.321 e. The lowest BCUT2D eigenvalue weighted by Gasteiger charge is -2.03. The Labute approximate surface area is 94.5 Å². The maximum absolute atomic E-state index is 4.23. The van der Waals surface area contributed by atoms with E-state index in [9.17, 15) is 0 Å². The first kappa shape index (κ1) is 10.6. The highest BCUT2D eigenvalue weighted by Gasteiger charge is 2.02. The molecule has 84 valence electrons. The second-order valence-corrected chi connectivity index (χ2v) is 4.01. The van der Waals surface area contributed by atoms with Gasteiger partial charge in [0.2, 0.25) is 5.95 Å². The third-order valence-corrected chi connectivity index (χ3v) is 2.17. The second-order valence-electron chi connectivity index (χ2n) is 4.01. The molecule has 5 nitrogen and oxygen atoms in total. The van der Waals surface area contributed by atoms with Crippen LogP contribution in [0.15, 0.2) is 24.8 Å². The molecular formula is C11H15N5. The number of hydrogen-bond donors (Lipinski definition) is 1. The van der Waals surface area contributed by atoms with Crippen molar-refractivity contribution < 1.29 is 0 Å². The van der Waals surface area contributed by atoms with Crippen molar-refractivity contribution in [1.29, 1.82) is 0 Å². The number of hydrogen-bond acceptors (Lipinski definition) is 4. The van der Waals surface area contributed by atoms with Crippen LogP contribution in [0.25, 0.3) is 0 Å². The fourth-order valence-electron chi connectivity index (χ4n) is 1.27. The first-order valence-corrected chi connectivity index (χ1v) is 5.25. The van der Waals surface area contributed by atoms with Crippen LogP contribution in [0.2, 0.25) is 0 Å². The van der Waals surface area contributed by atoms with Gasteiger partial charge in [-0.3, -0.25) is 4.68 Å². The van der Waals surface area contributed by atoms with Crippen molar-refractivity contribution in [2.75, 3.05) is 5.32 Å². The highest BCUT2D eigenvalue weighted by Crippen LogP contribution is 2.13. The molecule has 5 heteroatoms. The van der Waals surface area contributed by atoms with Crippen molar-refractivity contribution >= 4 is 11.6 Å². The van der Waals surface area contributed by atoms with Gasteiger partial charge in [-0.15, -0.1) is 0 Å². The van der Waals surface area contributed by atoms with E-state index in [0.717, 1.165) is 11.3 Å². The predicted octanol–water partition coefficient (Wildman–Crippen LogP) is 2.31. The van der Waals surface area contributed by atoms with E-state index in [0.29, 0.717) is 12.0 Å². The van der Waals surface area contributed by atoms with Crippen LogP contribution in [0.5, 0.6) is 0 Å². The van der Waals surface area contributed by atoms with Crippen LogP contribution in [0.1, 0.15) is 25.5 Å². The summed E-state index contributed by atoms with van der Waals surface area (Å²) in [5.74, 6) is 0.592. The number of anilines is 2. The molecule has 0 bridgehead atoms. The van der Waals surface area contributed by atoms with E-state index in [1.807, 2.05) is 17.8 Å². The molecule has 0 atom stereocenters. The second kappa shape index (κ2) is 4.30. The lowest BCUT2D eigenvalue weighted by molar-refractivity contribution is 0.532. The van der Waals surface area contributed by atoms with Crippen LogP contribution in [-0.4, -0.2) is 19.7 Å². The van der Waals surface area contributed by atoms with E-state index in [2.05, 4.69) is 34.2 Å². The van der Waals surface area contributed by atoms with Crippen molar-refractivity contribution in [2.45, 2.75) is 26.8 Å². The summed E-state index contributed by atoms with van der Waals surface area (Å²) in [5, 5.41) is 7.33. The van der Waals surface area contributed by atoms with E-state index in [1.54, 1.807) is 18.6 Å². The van der Waals surface area contributed by atoms with Gasteiger partial charge in [0.15, 0.2) is 0 Å². The SMILES string of the molecule is Cc1cnc(Nc2cnn(C(C)C)c2)nc1. The van der Waals surface area contributed by atoms with Crippen molar-refractivity contribution in [1.82, 2.24) is 19.7 Å². The van der Waals surface area contributed by atoms with Gasteiger partial charge in [-0.05, 0) is 26.3 Å². The summed E-state index contributed by atoms with van der Waals surface area (Å²) in [6, 6.07) is 0.356. The molecule has 1 N–H and O–H groups in total. The van der Waals surface area contributed by atoms with E-state index >= 15 is 0 Å². The highest BCUT2D eigenvalue weighted by atomic mass is 15.3. The summed E-state index contributed by atoms with van der Waals surface area (Å²) in [7, 11) is 0. The fourth-order valence-corrected chi connectivity index (χ4v) is 1.27. The molecule has 0 saturated carbocycles. The molecule has 0 aliphatic heterocycles. The molecule has 0 fully saturated rings. The Morgan fingerprint density at radius 2 is 1.88 bits per heavy atom. The van der Waals surface area contributed by atoms with Gasteiger partial charge in [0.1, 0.15) is 0 Å². The third kappa shape index (κ3) is 2.36. The lowest BCUT2D eigenvalue weighted by atomic mass is 10.4. The molecule has 16 heavy (non-hydrogen) atoms. The van der Waals surface area contributed by atoms with Gasteiger partial charge < -0.3 is 5.32 Å². The summed E-state index contributed by atoms with van der Waals surface area (Å²) in [5.41, 5.74) is 1.95. The fraction of sp³-hybridized carbons (Fsp3) is 0.364. The molecule has 0 aliphatic rings. The molecule has 2 rings (SSSR count). The van der Waals surface area contributed by atoms with Crippen LogP contribution in [-0.2, 0) is 0 Å². The first-order chi connectivity index (χ1) is 7.65. The molecule has 2 heterocycles. The zero-order valence-electron chi connectivity index (χ0n) is 9.68. The average Bonchev–Trinajstić information content (AvgIpc) is 2.70. The molecular weight excluding hydrogens is 202 g/mol. The van der Waals surface area contributed by atoms with Crippen molar-refractivity contribution in [2.24, 2.45) is 0 Å². The normalized spacial score (nSPS) is 10.8. The molecule has 2 aromatic heterocycles. The minimum atomic E-state index is 0.356. The Balaban J connectivity index is 2.11. The first-order valence-electron chi connectivity index (χ1n) is 5.25. The minimum absolute atomic E-state index is 0.356. The summed E-state index contributed by atoms with van der Waals surface area (Å²) in [6.07, 6.45) is 7.27. The topological polar surface area (TPSA) is 55.6 Å². The van der Waals surface area contributed by atoms with Crippen LogP contribution in [0, 0.1) is 6.92 Å². The third-order valence-electron chi connectivity index (χ3n) is 2.17. The summed E-state index contributed by atoms with van der Waals surface area (Å²) >= 11 is 0. The van der Waals surface area contributed by atoms with Crippen LogP contribution >= 0.6 is 0 Å². The summed E-state index contributed by atoms with van der Waals surface area (Å²) in [4.78, 5) is 8.34. The molecule has 0 saturated heterocycles. The quantitative estimate of drug-likeness (QED) is 0.857. The molecule has 0 aliphatic carbocycles. The molecule has 0 radical (unpaired) electrons. The minimum Gasteiger partial charge on any atom is -0.321 e. The Morgan fingerprint density at radius 3 is 2.44 bits per heavy atom. The molecule has 0 spiro atoms. The van der Waals surface area contributed by atoms with Crippen molar-refractivity contribution in [3.05, 3.63) is 30.4 Å².